The Bertz CT molecular complexity index is 1480. The monoisotopic (exact) mass is 555 g/mol. The third-order valence-electron chi connectivity index (χ3n) is 8.25. The smallest absolute Gasteiger partial charge is 0.395 e. The molecule has 0 saturated carbocycles. The topological polar surface area (TPSA) is 88.4 Å². The molecule has 11 heteroatoms. The number of rotatable bonds is 8. The SMILES string of the molecule is COBNc1cc(CN2CCC(C(=O)N3CCC(n4c(-c5ccccn5)nc5cc(F)ccc54)CC3)CC2)ccn1. The molecule has 1 amide bonds. The molecule has 5 heterocycles. The van der Waals surface area contributed by atoms with Gasteiger partial charge in [0.2, 0.25) is 5.91 Å². The molecular weight excluding hydrogens is 520 g/mol. The number of halogens is 1. The van der Waals surface area contributed by atoms with Gasteiger partial charge in [0, 0.05) is 57.2 Å². The van der Waals surface area contributed by atoms with Crippen LogP contribution in [0.3, 0.4) is 0 Å². The summed E-state index contributed by atoms with van der Waals surface area (Å²) in [4.78, 5) is 31.6. The number of hydrogen-bond donors (Lipinski definition) is 1. The van der Waals surface area contributed by atoms with E-state index in [1.54, 1.807) is 19.4 Å². The maximum atomic E-state index is 14.0. The zero-order valence-electron chi connectivity index (χ0n) is 23.4. The van der Waals surface area contributed by atoms with Gasteiger partial charge < -0.3 is 19.3 Å². The summed E-state index contributed by atoms with van der Waals surface area (Å²) in [5.41, 5.74) is 3.50. The summed E-state index contributed by atoms with van der Waals surface area (Å²) in [5, 5.41) is 3.14. The summed E-state index contributed by atoms with van der Waals surface area (Å²) in [6.07, 6.45) is 6.97. The fraction of sp³-hybridized carbons (Fsp3) is 0.400. The number of likely N-dealkylation sites (tertiary alicyclic amines) is 2. The molecular formula is C30H35BFN7O2. The second-order valence-electron chi connectivity index (χ2n) is 10.9. The first-order valence-electron chi connectivity index (χ1n) is 14.4. The van der Waals surface area contributed by atoms with Crippen LogP contribution in [-0.4, -0.2) is 76.1 Å². The maximum Gasteiger partial charge on any atom is 0.395 e. The average Bonchev–Trinajstić information content (AvgIpc) is 3.39. The molecule has 2 aliphatic heterocycles. The molecule has 0 aliphatic carbocycles. The molecule has 4 aromatic rings. The number of pyridine rings is 2. The highest BCUT2D eigenvalue weighted by Gasteiger charge is 2.32. The van der Waals surface area contributed by atoms with Crippen molar-refractivity contribution in [2.75, 3.05) is 38.5 Å². The van der Waals surface area contributed by atoms with E-state index in [0.717, 1.165) is 68.2 Å². The summed E-state index contributed by atoms with van der Waals surface area (Å²) < 4.78 is 21.3. The number of nitrogens with one attached hydrogen (secondary N) is 1. The van der Waals surface area contributed by atoms with Crippen LogP contribution in [0.4, 0.5) is 10.2 Å². The molecule has 0 radical (unpaired) electrons. The Kier molecular flexibility index (Phi) is 8.25. The number of imidazole rings is 1. The van der Waals surface area contributed by atoms with E-state index in [2.05, 4.69) is 30.7 Å². The minimum atomic E-state index is -0.300. The number of fused-ring (bicyclic) bond motifs is 1. The van der Waals surface area contributed by atoms with Crippen LogP contribution in [0.1, 0.15) is 37.3 Å². The van der Waals surface area contributed by atoms with Crippen LogP contribution in [0.25, 0.3) is 22.6 Å². The van der Waals surface area contributed by atoms with Crippen LogP contribution < -0.4 is 5.23 Å². The first-order valence-corrected chi connectivity index (χ1v) is 14.4. The van der Waals surface area contributed by atoms with Crippen LogP contribution in [-0.2, 0) is 16.0 Å². The summed E-state index contributed by atoms with van der Waals surface area (Å²) in [6, 6.07) is 14.8. The number of anilines is 1. The van der Waals surface area contributed by atoms with Crippen LogP contribution in [0.15, 0.2) is 60.9 Å². The van der Waals surface area contributed by atoms with Gasteiger partial charge in [-0.15, -0.1) is 0 Å². The van der Waals surface area contributed by atoms with E-state index >= 15 is 0 Å². The molecule has 6 rings (SSSR count). The Balaban J connectivity index is 1.07. The fourth-order valence-corrected chi connectivity index (χ4v) is 6.13. The number of carbonyl (C=O) groups is 1. The van der Waals surface area contributed by atoms with E-state index in [1.165, 1.54) is 17.7 Å². The minimum Gasteiger partial charge on any atom is -0.422 e. The Morgan fingerprint density at radius 2 is 1.85 bits per heavy atom. The lowest BCUT2D eigenvalue weighted by Gasteiger charge is -2.38. The predicted molar refractivity (Wildman–Crippen MR) is 158 cm³/mol. The second-order valence-corrected chi connectivity index (χ2v) is 10.9. The van der Waals surface area contributed by atoms with Crippen molar-refractivity contribution in [3.8, 4) is 11.5 Å². The molecule has 0 spiro atoms. The molecule has 1 aromatic carbocycles. The van der Waals surface area contributed by atoms with Crippen LogP contribution in [0.5, 0.6) is 0 Å². The molecule has 2 aliphatic rings. The lowest BCUT2D eigenvalue weighted by Crippen LogP contribution is -2.45. The first kappa shape index (κ1) is 27.3. The highest BCUT2D eigenvalue weighted by atomic mass is 19.1. The Morgan fingerprint density at radius 1 is 1.02 bits per heavy atom. The van der Waals surface area contributed by atoms with Crippen molar-refractivity contribution >= 4 is 30.4 Å². The number of hydrogen-bond acceptors (Lipinski definition) is 7. The summed E-state index contributed by atoms with van der Waals surface area (Å²) in [6.45, 7) is 4.07. The number of carbonyl (C=O) groups excluding carboxylic acids is 1. The normalized spacial score (nSPS) is 17.2. The summed E-state index contributed by atoms with van der Waals surface area (Å²) in [7, 11) is 2.07. The second kappa shape index (κ2) is 12.4. The largest absolute Gasteiger partial charge is 0.422 e. The van der Waals surface area contributed by atoms with Crippen molar-refractivity contribution in [3.05, 3.63) is 72.3 Å². The third-order valence-corrected chi connectivity index (χ3v) is 8.25. The highest BCUT2D eigenvalue weighted by molar-refractivity contribution is 6.32. The van der Waals surface area contributed by atoms with E-state index in [-0.39, 0.29) is 23.7 Å². The molecule has 2 fully saturated rings. The Morgan fingerprint density at radius 3 is 2.61 bits per heavy atom. The average molecular weight is 555 g/mol. The van der Waals surface area contributed by atoms with Crippen LogP contribution >= 0.6 is 0 Å². The molecule has 212 valence electrons. The molecule has 2 saturated heterocycles. The van der Waals surface area contributed by atoms with Gasteiger partial charge in [-0.3, -0.25) is 14.7 Å². The van der Waals surface area contributed by atoms with E-state index in [0.29, 0.717) is 26.2 Å². The molecule has 1 N–H and O–H groups in total. The number of amides is 1. The van der Waals surface area contributed by atoms with Gasteiger partial charge in [-0.05, 0) is 80.7 Å². The Hall–Kier alpha value is -3.83. The van der Waals surface area contributed by atoms with Crippen molar-refractivity contribution < 1.29 is 13.8 Å². The zero-order valence-corrected chi connectivity index (χ0v) is 23.4. The molecule has 0 bridgehead atoms. The summed E-state index contributed by atoms with van der Waals surface area (Å²) >= 11 is 0. The van der Waals surface area contributed by atoms with Crippen molar-refractivity contribution in [2.45, 2.75) is 38.3 Å². The highest BCUT2D eigenvalue weighted by Crippen LogP contribution is 2.34. The van der Waals surface area contributed by atoms with E-state index in [9.17, 15) is 9.18 Å². The lowest BCUT2D eigenvalue weighted by molar-refractivity contribution is -0.138. The van der Waals surface area contributed by atoms with Gasteiger partial charge in [0.25, 0.3) is 0 Å². The van der Waals surface area contributed by atoms with Crippen molar-refractivity contribution in [1.82, 2.24) is 29.3 Å². The first-order chi connectivity index (χ1) is 20.1. The van der Waals surface area contributed by atoms with Gasteiger partial charge in [-0.2, -0.15) is 0 Å². The molecule has 41 heavy (non-hydrogen) atoms. The minimum absolute atomic E-state index is 0.0697. The number of nitrogens with zero attached hydrogens (tertiary/aromatic N) is 6. The van der Waals surface area contributed by atoms with Gasteiger partial charge in [-0.1, -0.05) is 6.07 Å². The fourth-order valence-electron chi connectivity index (χ4n) is 6.13. The third kappa shape index (κ3) is 6.11. The molecule has 9 nitrogen and oxygen atoms in total. The van der Waals surface area contributed by atoms with Crippen molar-refractivity contribution in [3.63, 3.8) is 0 Å². The maximum absolute atomic E-state index is 14.0. The quantitative estimate of drug-likeness (QED) is 0.329. The van der Waals surface area contributed by atoms with Gasteiger partial charge >= 0.3 is 7.62 Å². The Labute approximate surface area is 240 Å². The van der Waals surface area contributed by atoms with Gasteiger partial charge in [0.15, 0.2) is 5.82 Å². The number of benzene rings is 1. The molecule has 3 aromatic heterocycles. The van der Waals surface area contributed by atoms with E-state index in [4.69, 9.17) is 9.64 Å². The molecule has 0 atom stereocenters. The van der Waals surface area contributed by atoms with Crippen LogP contribution in [0.2, 0.25) is 0 Å². The number of aromatic nitrogens is 4. The van der Waals surface area contributed by atoms with E-state index < -0.39 is 0 Å². The van der Waals surface area contributed by atoms with Crippen molar-refractivity contribution in [2.24, 2.45) is 5.92 Å². The lowest BCUT2D eigenvalue weighted by atomic mass is 9.93. The standard InChI is InChI=1S/C30H35BFN7O2/c1-41-31-36-28-18-21(7-13-34-28)20-37-14-8-22(9-15-37)30(40)38-16-10-24(11-17-38)39-27-6-5-23(32)19-26(27)35-29(39)25-4-2-3-12-33-25/h2-7,12-13,18-19,22,24,31H,8-11,14-17,20H2,1H3,(H,34,36). The zero-order chi connectivity index (χ0) is 28.2. The van der Waals surface area contributed by atoms with Crippen LogP contribution in [0, 0.1) is 11.7 Å². The number of piperidine rings is 2. The van der Waals surface area contributed by atoms with E-state index in [1.807, 2.05) is 35.4 Å². The van der Waals surface area contributed by atoms with Crippen molar-refractivity contribution in [1.29, 1.82) is 0 Å². The van der Waals surface area contributed by atoms with Gasteiger partial charge in [0.1, 0.15) is 17.3 Å². The summed E-state index contributed by atoms with van der Waals surface area (Å²) in [5.74, 6) is 1.60. The molecule has 0 unspecified atom stereocenters. The van der Waals surface area contributed by atoms with Gasteiger partial charge in [-0.25, -0.2) is 14.4 Å². The predicted octanol–water partition coefficient (Wildman–Crippen LogP) is 4.03. The van der Waals surface area contributed by atoms with Gasteiger partial charge in [0.05, 0.1) is 11.0 Å².